The zero-order valence-corrected chi connectivity index (χ0v) is 16.2. The van der Waals surface area contributed by atoms with Crippen molar-refractivity contribution in [3.05, 3.63) is 57.3 Å². The Bertz CT molecular complexity index is 878. The molecule has 1 saturated heterocycles. The highest BCUT2D eigenvalue weighted by molar-refractivity contribution is 9.10. The lowest BCUT2D eigenvalue weighted by molar-refractivity contribution is -0.146. The molecule has 0 atom stereocenters. The highest BCUT2D eigenvalue weighted by Gasteiger charge is 2.35. The molecule has 136 valence electrons. The number of halogens is 3. The lowest BCUT2D eigenvalue weighted by Crippen LogP contribution is -2.54. The van der Waals surface area contributed by atoms with Gasteiger partial charge in [-0.2, -0.15) is 0 Å². The van der Waals surface area contributed by atoms with Crippen LogP contribution in [0, 0.1) is 5.82 Å². The van der Waals surface area contributed by atoms with Crippen LogP contribution in [0.1, 0.15) is 5.56 Å². The van der Waals surface area contributed by atoms with Gasteiger partial charge in [0.05, 0.1) is 17.3 Å². The predicted octanol–water partition coefficient (Wildman–Crippen LogP) is 3.63. The fourth-order valence-corrected chi connectivity index (χ4v) is 3.57. The van der Waals surface area contributed by atoms with E-state index in [0.29, 0.717) is 34.6 Å². The van der Waals surface area contributed by atoms with Gasteiger partial charge in [-0.3, -0.25) is 14.5 Å². The molecule has 3 rings (SSSR count). The molecule has 0 radical (unpaired) electrons. The van der Waals surface area contributed by atoms with E-state index in [1.54, 1.807) is 18.2 Å². The van der Waals surface area contributed by atoms with Gasteiger partial charge in [0.2, 0.25) is 0 Å². The number of ether oxygens (including phenoxy) is 1. The topological polar surface area (TPSA) is 49.9 Å². The van der Waals surface area contributed by atoms with Crippen molar-refractivity contribution in [2.75, 3.05) is 25.1 Å². The maximum absolute atomic E-state index is 13.2. The van der Waals surface area contributed by atoms with Gasteiger partial charge in [0.25, 0.3) is 0 Å². The summed E-state index contributed by atoms with van der Waals surface area (Å²) in [6.45, 7) is 0.789. The van der Waals surface area contributed by atoms with E-state index >= 15 is 0 Å². The third-order valence-electron chi connectivity index (χ3n) is 4.13. The summed E-state index contributed by atoms with van der Waals surface area (Å²) >= 11 is 9.39. The maximum Gasteiger partial charge on any atom is 0.316 e. The summed E-state index contributed by atoms with van der Waals surface area (Å²) < 4.78 is 19.2. The molecule has 0 spiro atoms. The SMILES string of the molecule is COc1c(Br)cccc1N1CCN(Cc2ccc(F)cc2Cl)C(=O)C1=O. The third-order valence-corrected chi connectivity index (χ3v) is 5.10. The smallest absolute Gasteiger partial charge is 0.316 e. The van der Waals surface area contributed by atoms with E-state index < -0.39 is 17.6 Å². The molecule has 1 aliphatic rings. The van der Waals surface area contributed by atoms with Gasteiger partial charge in [0, 0.05) is 24.7 Å². The van der Waals surface area contributed by atoms with Gasteiger partial charge in [-0.15, -0.1) is 0 Å². The first-order valence-corrected chi connectivity index (χ1v) is 8.96. The minimum atomic E-state index is -0.647. The number of carbonyl (C=O) groups is 2. The molecule has 8 heteroatoms. The van der Waals surface area contributed by atoms with Crippen LogP contribution >= 0.6 is 27.5 Å². The van der Waals surface area contributed by atoms with Gasteiger partial charge in [0.1, 0.15) is 5.82 Å². The van der Waals surface area contributed by atoms with Crippen LogP contribution in [0.15, 0.2) is 40.9 Å². The number of hydrogen-bond donors (Lipinski definition) is 0. The number of para-hydroxylation sites is 1. The number of methoxy groups -OCH3 is 1. The summed E-state index contributed by atoms with van der Waals surface area (Å²) in [5.41, 5.74) is 1.11. The van der Waals surface area contributed by atoms with Crippen molar-refractivity contribution in [3.8, 4) is 5.75 Å². The first-order chi connectivity index (χ1) is 12.4. The fraction of sp³-hybridized carbons (Fsp3) is 0.222. The number of carbonyl (C=O) groups excluding carboxylic acids is 2. The van der Waals surface area contributed by atoms with Gasteiger partial charge in [-0.1, -0.05) is 23.7 Å². The van der Waals surface area contributed by atoms with E-state index in [4.69, 9.17) is 16.3 Å². The molecule has 26 heavy (non-hydrogen) atoms. The molecule has 2 amide bonds. The Morgan fingerprint density at radius 1 is 1.19 bits per heavy atom. The van der Waals surface area contributed by atoms with Crippen molar-refractivity contribution in [2.45, 2.75) is 6.54 Å². The number of hydrogen-bond acceptors (Lipinski definition) is 3. The van der Waals surface area contributed by atoms with Crippen LogP contribution < -0.4 is 9.64 Å². The first kappa shape index (κ1) is 18.7. The monoisotopic (exact) mass is 440 g/mol. The summed E-state index contributed by atoms with van der Waals surface area (Å²) in [6.07, 6.45) is 0. The highest BCUT2D eigenvalue weighted by Crippen LogP contribution is 2.36. The summed E-state index contributed by atoms with van der Waals surface area (Å²) in [5.74, 6) is -1.25. The minimum Gasteiger partial charge on any atom is -0.493 e. The molecule has 0 aromatic heterocycles. The maximum atomic E-state index is 13.2. The van der Waals surface area contributed by atoms with Crippen molar-refractivity contribution >= 4 is 45.0 Å². The van der Waals surface area contributed by atoms with Crippen LogP contribution in [0.5, 0.6) is 5.75 Å². The standard InChI is InChI=1S/C18H15BrClFN2O3/c1-26-16-13(19)3-2-4-15(16)23-8-7-22(17(24)18(23)25)10-11-5-6-12(21)9-14(11)20/h2-6,9H,7-8,10H2,1H3. The number of amides is 2. The van der Waals surface area contributed by atoms with Crippen molar-refractivity contribution in [1.29, 1.82) is 0 Å². The molecule has 0 saturated carbocycles. The van der Waals surface area contributed by atoms with Crippen LogP contribution in [0.25, 0.3) is 0 Å². The van der Waals surface area contributed by atoms with Crippen LogP contribution in [0.4, 0.5) is 10.1 Å². The molecule has 5 nitrogen and oxygen atoms in total. The quantitative estimate of drug-likeness (QED) is 0.681. The molecule has 1 aliphatic heterocycles. The van der Waals surface area contributed by atoms with Crippen molar-refractivity contribution in [3.63, 3.8) is 0 Å². The van der Waals surface area contributed by atoms with Gasteiger partial charge < -0.3 is 9.64 Å². The Kier molecular flexibility index (Phi) is 5.48. The zero-order chi connectivity index (χ0) is 18.8. The predicted molar refractivity (Wildman–Crippen MR) is 99.9 cm³/mol. The molecule has 1 heterocycles. The molecule has 0 unspecified atom stereocenters. The molecular weight excluding hydrogens is 427 g/mol. The van der Waals surface area contributed by atoms with Gasteiger partial charge in [-0.25, -0.2) is 4.39 Å². The van der Waals surface area contributed by atoms with Crippen LogP contribution in [-0.4, -0.2) is 36.9 Å². The van der Waals surface area contributed by atoms with E-state index in [2.05, 4.69) is 15.9 Å². The van der Waals surface area contributed by atoms with Gasteiger partial charge in [-0.05, 0) is 45.8 Å². The average Bonchev–Trinajstić information content (AvgIpc) is 2.61. The minimum absolute atomic E-state index is 0.146. The van der Waals surface area contributed by atoms with E-state index in [1.807, 2.05) is 0 Å². The number of nitrogens with zero attached hydrogens (tertiary/aromatic N) is 2. The molecule has 2 aromatic carbocycles. The van der Waals surface area contributed by atoms with Gasteiger partial charge >= 0.3 is 11.8 Å². The van der Waals surface area contributed by atoms with E-state index in [-0.39, 0.29) is 11.6 Å². The van der Waals surface area contributed by atoms with E-state index in [9.17, 15) is 14.0 Å². The van der Waals surface area contributed by atoms with Crippen molar-refractivity contribution in [1.82, 2.24) is 4.90 Å². The molecule has 0 bridgehead atoms. The van der Waals surface area contributed by atoms with Crippen LogP contribution in [0.2, 0.25) is 5.02 Å². The third kappa shape index (κ3) is 3.54. The summed E-state index contributed by atoms with van der Waals surface area (Å²) in [4.78, 5) is 28.0. The Morgan fingerprint density at radius 3 is 2.65 bits per heavy atom. The number of rotatable bonds is 4. The largest absolute Gasteiger partial charge is 0.493 e. The molecule has 1 fully saturated rings. The number of piperazine rings is 1. The second-order valence-corrected chi connectivity index (χ2v) is 6.97. The van der Waals surface area contributed by atoms with Crippen molar-refractivity contribution in [2.24, 2.45) is 0 Å². The normalized spacial score (nSPS) is 14.8. The fourth-order valence-electron chi connectivity index (χ4n) is 2.82. The second-order valence-electron chi connectivity index (χ2n) is 5.71. The van der Waals surface area contributed by atoms with Crippen molar-refractivity contribution < 1.29 is 18.7 Å². The van der Waals surface area contributed by atoms with Gasteiger partial charge in [0.15, 0.2) is 5.75 Å². The summed E-state index contributed by atoms with van der Waals surface area (Å²) in [5, 5.41) is 0.223. The lowest BCUT2D eigenvalue weighted by Gasteiger charge is -2.34. The number of anilines is 1. The Balaban J connectivity index is 1.81. The van der Waals surface area contributed by atoms with Crippen LogP contribution in [0.3, 0.4) is 0 Å². The van der Waals surface area contributed by atoms with E-state index in [1.165, 1.54) is 35.1 Å². The molecule has 2 aromatic rings. The molecule has 0 N–H and O–H groups in total. The zero-order valence-electron chi connectivity index (χ0n) is 13.8. The summed E-state index contributed by atoms with van der Waals surface area (Å²) in [7, 11) is 1.50. The molecule has 0 aliphatic carbocycles. The Hall–Kier alpha value is -2.12. The molecular formula is C18H15BrClFN2O3. The Morgan fingerprint density at radius 2 is 1.96 bits per heavy atom. The summed E-state index contributed by atoms with van der Waals surface area (Å²) in [6, 6.07) is 9.26. The van der Waals surface area contributed by atoms with E-state index in [0.717, 1.165) is 0 Å². The second kappa shape index (κ2) is 7.63. The number of benzene rings is 2. The Labute approximate surface area is 163 Å². The van der Waals surface area contributed by atoms with Crippen LogP contribution in [-0.2, 0) is 16.1 Å². The lowest BCUT2D eigenvalue weighted by atomic mass is 10.1. The average molecular weight is 442 g/mol. The first-order valence-electron chi connectivity index (χ1n) is 7.79. The highest BCUT2D eigenvalue weighted by atomic mass is 79.9.